The van der Waals surface area contributed by atoms with E-state index in [1.165, 1.54) is 0 Å². The SMILES string of the molecule is CC(C)(C)OC(=O)NC(CO)c1ccn[nH]1. The summed E-state index contributed by atoms with van der Waals surface area (Å²) in [6.45, 7) is 5.10. The molecule has 1 aromatic rings. The second kappa shape index (κ2) is 4.98. The van der Waals surface area contributed by atoms with Crippen LogP contribution in [0.2, 0.25) is 0 Å². The number of aromatic amines is 1. The molecule has 0 bridgehead atoms. The largest absolute Gasteiger partial charge is 0.444 e. The molecular formula is C10H17N3O3. The maximum atomic E-state index is 11.4. The Kier molecular flexibility index (Phi) is 3.89. The zero-order chi connectivity index (χ0) is 12.2. The third-order valence-electron chi connectivity index (χ3n) is 1.77. The quantitative estimate of drug-likeness (QED) is 0.718. The van der Waals surface area contributed by atoms with Crippen LogP contribution in [0.25, 0.3) is 0 Å². The number of rotatable bonds is 3. The second-order valence-corrected chi connectivity index (χ2v) is 4.39. The van der Waals surface area contributed by atoms with Crippen molar-refractivity contribution >= 4 is 6.09 Å². The molecule has 1 heterocycles. The van der Waals surface area contributed by atoms with E-state index in [0.29, 0.717) is 5.69 Å². The zero-order valence-corrected chi connectivity index (χ0v) is 9.65. The van der Waals surface area contributed by atoms with Crippen LogP contribution in [0, 0.1) is 0 Å². The summed E-state index contributed by atoms with van der Waals surface area (Å²) in [5, 5.41) is 18.1. The number of carbonyl (C=O) groups is 1. The van der Waals surface area contributed by atoms with E-state index < -0.39 is 17.7 Å². The summed E-state index contributed by atoms with van der Waals surface area (Å²) in [5.74, 6) is 0. The van der Waals surface area contributed by atoms with Crippen LogP contribution in [0.5, 0.6) is 0 Å². The van der Waals surface area contributed by atoms with Crippen LogP contribution in [0.1, 0.15) is 32.5 Å². The molecule has 16 heavy (non-hydrogen) atoms. The molecule has 0 aliphatic carbocycles. The Morgan fingerprint density at radius 3 is 2.81 bits per heavy atom. The van der Waals surface area contributed by atoms with Crippen molar-refractivity contribution in [2.45, 2.75) is 32.4 Å². The van der Waals surface area contributed by atoms with Crippen molar-refractivity contribution in [1.82, 2.24) is 15.5 Å². The summed E-state index contributed by atoms with van der Waals surface area (Å²) in [4.78, 5) is 11.4. The fraction of sp³-hybridized carbons (Fsp3) is 0.600. The Bertz CT molecular complexity index is 330. The molecule has 0 aliphatic heterocycles. The number of aromatic nitrogens is 2. The minimum absolute atomic E-state index is 0.221. The van der Waals surface area contributed by atoms with E-state index in [4.69, 9.17) is 9.84 Å². The van der Waals surface area contributed by atoms with Gasteiger partial charge in [-0.15, -0.1) is 0 Å². The van der Waals surface area contributed by atoms with Crippen molar-refractivity contribution in [1.29, 1.82) is 0 Å². The Balaban J connectivity index is 2.55. The van der Waals surface area contributed by atoms with E-state index in [-0.39, 0.29) is 6.61 Å². The normalized spacial score (nSPS) is 13.2. The fourth-order valence-electron chi connectivity index (χ4n) is 1.13. The molecule has 90 valence electrons. The first kappa shape index (κ1) is 12.5. The molecule has 0 saturated carbocycles. The number of nitrogens with zero attached hydrogens (tertiary/aromatic N) is 1. The summed E-state index contributed by atoms with van der Waals surface area (Å²) in [6.07, 6.45) is 0.982. The highest BCUT2D eigenvalue weighted by atomic mass is 16.6. The summed E-state index contributed by atoms with van der Waals surface area (Å²) >= 11 is 0. The number of aliphatic hydroxyl groups excluding tert-OH is 1. The molecule has 1 unspecified atom stereocenters. The van der Waals surface area contributed by atoms with Gasteiger partial charge in [0.1, 0.15) is 5.60 Å². The first-order valence-electron chi connectivity index (χ1n) is 5.02. The Hall–Kier alpha value is -1.56. The van der Waals surface area contributed by atoms with Crippen molar-refractivity contribution in [2.24, 2.45) is 0 Å². The van der Waals surface area contributed by atoms with E-state index >= 15 is 0 Å². The fourth-order valence-corrected chi connectivity index (χ4v) is 1.13. The minimum atomic E-state index is -0.568. The van der Waals surface area contributed by atoms with Crippen LogP contribution in [0.3, 0.4) is 0 Å². The number of H-pyrrole nitrogens is 1. The number of hydrogen-bond acceptors (Lipinski definition) is 4. The van der Waals surface area contributed by atoms with Gasteiger partial charge in [0.25, 0.3) is 0 Å². The molecule has 1 rings (SSSR count). The molecule has 3 N–H and O–H groups in total. The number of alkyl carbamates (subject to hydrolysis) is 1. The third-order valence-corrected chi connectivity index (χ3v) is 1.77. The Labute approximate surface area is 94.0 Å². The van der Waals surface area contributed by atoms with Crippen LogP contribution in [-0.2, 0) is 4.74 Å². The van der Waals surface area contributed by atoms with Crippen molar-refractivity contribution in [3.8, 4) is 0 Å². The summed E-state index contributed by atoms with van der Waals surface area (Å²) in [7, 11) is 0. The van der Waals surface area contributed by atoms with Gasteiger partial charge in [-0.05, 0) is 26.8 Å². The maximum Gasteiger partial charge on any atom is 0.408 e. The van der Waals surface area contributed by atoms with Gasteiger partial charge >= 0.3 is 6.09 Å². The molecule has 6 heteroatoms. The van der Waals surface area contributed by atoms with Gasteiger partial charge < -0.3 is 15.2 Å². The number of hydrogen-bond donors (Lipinski definition) is 3. The molecular weight excluding hydrogens is 210 g/mol. The van der Waals surface area contributed by atoms with Crippen LogP contribution >= 0.6 is 0 Å². The van der Waals surface area contributed by atoms with E-state index in [2.05, 4.69) is 15.5 Å². The summed E-state index contributed by atoms with van der Waals surface area (Å²) in [6, 6.07) is 1.15. The van der Waals surface area contributed by atoms with Gasteiger partial charge in [0.2, 0.25) is 0 Å². The second-order valence-electron chi connectivity index (χ2n) is 4.39. The molecule has 0 spiro atoms. The van der Waals surface area contributed by atoms with Gasteiger partial charge in [0.05, 0.1) is 18.3 Å². The first-order valence-corrected chi connectivity index (χ1v) is 5.02. The van der Waals surface area contributed by atoms with Gasteiger partial charge in [-0.1, -0.05) is 0 Å². The number of ether oxygens (including phenoxy) is 1. The Morgan fingerprint density at radius 2 is 2.38 bits per heavy atom. The van der Waals surface area contributed by atoms with Crippen LogP contribution in [0.15, 0.2) is 12.3 Å². The summed E-state index contributed by atoms with van der Waals surface area (Å²) < 4.78 is 5.07. The van der Waals surface area contributed by atoms with Gasteiger partial charge in [-0.3, -0.25) is 5.10 Å². The van der Waals surface area contributed by atoms with Crippen LogP contribution < -0.4 is 5.32 Å². The van der Waals surface area contributed by atoms with E-state index in [9.17, 15) is 4.79 Å². The highest BCUT2D eigenvalue weighted by Crippen LogP contribution is 2.11. The van der Waals surface area contributed by atoms with Crippen molar-refractivity contribution in [3.05, 3.63) is 18.0 Å². The van der Waals surface area contributed by atoms with Crippen LogP contribution in [0.4, 0.5) is 4.79 Å². The molecule has 0 radical (unpaired) electrons. The highest BCUT2D eigenvalue weighted by molar-refractivity contribution is 5.68. The Morgan fingerprint density at radius 1 is 1.69 bits per heavy atom. The molecule has 1 atom stereocenters. The molecule has 0 aromatic carbocycles. The molecule has 1 amide bonds. The number of aliphatic hydroxyl groups is 1. The lowest BCUT2D eigenvalue weighted by molar-refractivity contribution is 0.0480. The van der Waals surface area contributed by atoms with Crippen LogP contribution in [-0.4, -0.2) is 33.6 Å². The topological polar surface area (TPSA) is 87.2 Å². The van der Waals surface area contributed by atoms with E-state index in [1.807, 2.05) is 0 Å². The van der Waals surface area contributed by atoms with Crippen molar-refractivity contribution in [2.75, 3.05) is 6.61 Å². The minimum Gasteiger partial charge on any atom is -0.444 e. The average Bonchev–Trinajstić information content (AvgIpc) is 2.63. The average molecular weight is 227 g/mol. The van der Waals surface area contributed by atoms with Gasteiger partial charge in [0, 0.05) is 6.20 Å². The van der Waals surface area contributed by atoms with E-state index in [1.54, 1.807) is 33.0 Å². The molecule has 0 saturated heterocycles. The number of nitrogens with one attached hydrogen (secondary N) is 2. The zero-order valence-electron chi connectivity index (χ0n) is 9.65. The smallest absolute Gasteiger partial charge is 0.408 e. The van der Waals surface area contributed by atoms with Gasteiger partial charge in [-0.2, -0.15) is 5.10 Å². The predicted octanol–water partition coefficient (Wildman–Crippen LogP) is 0.968. The lowest BCUT2D eigenvalue weighted by Crippen LogP contribution is -2.36. The van der Waals surface area contributed by atoms with Gasteiger partial charge in [0.15, 0.2) is 0 Å². The summed E-state index contributed by atoms with van der Waals surface area (Å²) in [5.41, 5.74) is 0.0753. The van der Waals surface area contributed by atoms with E-state index in [0.717, 1.165) is 0 Å². The van der Waals surface area contributed by atoms with Crippen molar-refractivity contribution < 1.29 is 14.6 Å². The lowest BCUT2D eigenvalue weighted by atomic mass is 10.2. The van der Waals surface area contributed by atoms with Crippen molar-refractivity contribution in [3.63, 3.8) is 0 Å². The molecule has 0 fully saturated rings. The predicted molar refractivity (Wildman–Crippen MR) is 57.8 cm³/mol. The lowest BCUT2D eigenvalue weighted by Gasteiger charge is -2.22. The highest BCUT2D eigenvalue weighted by Gasteiger charge is 2.20. The first-order chi connectivity index (χ1) is 7.42. The standard InChI is InChI=1S/C10H17N3O3/c1-10(2,3)16-9(15)12-8(6-14)7-4-5-11-13-7/h4-5,8,14H,6H2,1-3H3,(H,11,13)(H,12,15). The molecule has 1 aromatic heterocycles. The molecule has 0 aliphatic rings. The monoisotopic (exact) mass is 227 g/mol. The number of amides is 1. The maximum absolute atomic E-state index is 11.4. The molecule has 6 nitrogen and oxygen atoms in total. The number of carbonyl (C=O) groups excluding carboxylic acids is 1. The van der Waals surface area contributed by atoms with Gasteiger partial charge in [-0.25, -0.2) is 4.79 Å². The third kappa shape index (κ3) is 3.90.